The molecule has 1 aliphatic heterocycles. The van der Waals surface area contributed by atoms with E-state index >= 15 is 0 Å². The molecule has 106 valence electrons. The van der Waals surface area contributed by atoms with Crippen molar-refractivity contribution in [2.24, 2.45) is 0 Å². The third-order valence-electron chi connectivity index (χ3n) is 3.42. The molecule has 0 aliphatic carbocycles. The molecule has 1 heterocycles. The molecule has 1 fully saturated rings. The molecule has 0 aromatic carbocycles. The van der Waals surface area contributed by atoms with E-state index in [4.69, 9.17) is 4.74 Å². The summed E-state index contributed by atoms with van der Waals surface area (Å²) in [5, 5.41) is 0. The summed E-state index contributed by atoms with van der Waals surface area (Å²) in [5.74, 6) is 0.229. The highest BCUT2D eigenvalue weighted by Gasteiger charge is 2.22. The first kappa shape index (κ1) is 15.4. The maximum absolute atomic E-state index is 11.7. The number of nitrogens with zero attached hydrogens (tertiary/aromatic N) is 2. The van der Waals surface area contributed by atoms with E-state index in [1.54, 1.807) is 0 Å². The lowest BCUT2D eigenvalue weighted by Gasteiger charge is -2.34. The number of rotatable bonds is 7. The fourth-order valence-electron chi connectivity index (χ4n) is 2.29. The van der Waals surface area contributed by atoms with Crippen molar-refractivity contribution in [2.45, 2.75) is 45.6 Å². The second-order valence-electron chi connectivity index (χ2n) is 5.17. The minimum atomic E-state index is 0.182. The Morgan fingerprint density at radius 3 is 2.83 bits per heavy atom. The number of hydrogen-bond donors (Lipinski definition) is 0. The van der Waals surface area contributed by atoms with Gasteiger partial charge < -0.3 is 9.64 Å². The van der Waals surface area contributed by atoms with Gasteiger partial charge in [0, 0.05) is 33.1 Å². The van der Waals surface area contributed by atoms with Gasteiger partial charge in [-0.2, -0.15) is 0 Å². The predicted octanol–water partition coefficient (Wildman–Crippen LogP) is 1.75. The van der Waals surface area contributed by atoms with Crippen LogP contribution >= 0.6 is 0 Å². The van der Waals surface area contributed by atoms with E-state index in [0.29, 0.717) is 6.42 Å². The molecule has 1 rings (SSSR count). The maximum Gasteiger partial charge on any atom is 0.222 e. The lowest BCUT2D eigenvalue weighted by molar-refractivity contribution is -0.133. The Kier molecular flexibility index (Phi) is 7.28. The van der Waals surface area contributed by atoms with Crippen LogP contribution < -0.4 is 0 Å². The van der Waals surface area contributed by atoms with Gasteiger partial charge in [0.25, 0.3) is 0 Å². The van der Waals surface area contributed by atoms with E-state index in [2.05, 4.69) is 11.8 Å². The average molecular weight is 256 g/mol. The average Bonchev–Trinajstić information content (AvgIpc) is 2.37. The SMILES string of the molecule is CCCCN1CCO[C@H](CN(C)C(=O)CCC)C1. The van der Waals surface area contributed by atoms with Crippen LogP contribution in [0.25, 0.3) is 0 Å². The van der Waals surface area contributed by atoms with Crippen LogP contribution in [0, 0.1) is 0 Å². The summed E-state index contributed by atoms with van der Waals surface area (Å²) in [6, 6.07) is 0. The molecule has 4 heteroatoms. The zero-order chi connectivity index (χ0) is 13.4. The summed E-state index contributed by atoms with van der Waals surface area (Å²) in [5.41, 5.74) is 0. The Labute approximate surface area is 111 Å². The Morgan fingerprint density at radius 2 is 2.17 bits per heavy atom. The van der Waals surface area contributed by atoms with Gasteiger partial charge in [0.2, 0.25) is 5.91 Å². The van der Waals surface area contributed by atoms with Crippen molar-refractivity contribution in [3.8, 4) is 0 Å². The number of amides is 1. The third kappa shape index (κ3) is 5.36. The van der Waals surface area contributed by atoms with Gasteiger partial charge in [-0.1, -0.05) is 20.3 Å². The van der Waals surface area contributed by atoms with Gasteiger partial charge >= 0.3 is 0 Å². The molecule has 4 nitrogen and oxygen atoms in total. The van der Waals surface area contributed by atoms with Gasteiger partial charge in [-0.25, -0.2) is 0 Å². The summed E-state index contributed by atoms with van der Waals surface area (Å²) < 4.78 is 5.75. The van der Waals surface area contributed by atoms with Gasteiger partial charge in [0.1, 0.15) is 0 Å². The topological polar surface area (TPSA) is 32.8 Å². The van der Waals surface area contributed by atoms with Crippen molar-refractivity contribution in [1.82, 2.24) is 9.80 Å². The Morgan fingerprint density at radius 1 is 1.39 bits per heavy atom. The van der Waals surface area contributed by atoms with Gasteiger partial charge in [-0.15, -0.1) is 0 Å². The number of hydrogen-bond acceptors (Lipinski definition) is 3. The fraction of sp³-hybridized carbons (Fsp3) is 0.929. The highest BCUT2D eigenvalue weighted by atomic mass is 16.5. The quantitative estimate of drug-likeness (QED) is 0.695. The van der Waals surface area contributed by atoms with E-state index in [9.17, 15) is 4.79 Å². The molecule has 0 aromatic heterocycles. The molecule has 0 saturated carbocycles. The molecule has 0 unspecified atom stereocenters. The molecule has 0 N–H and O–H groups in total. The summed E-state index contributed by atoms with van der Waals surface area (Å²) in [6.07, 6.45) is 4.22. The number of morpholine rings is 1. The van der Waals surface area contributed by atoms with Crippen LogP contribution in [0.15, 0.2) is 0 Å². The van der Waals surface area contributed by atoms with Crippen molar-refractivity contribution in [2.75, 3.05) is 39.8 Å². The highest BCUT2D eigenvalue weighted by molar-refractivity contribution is 5.75. The smallest absolute Gasteiger partial charge is 0.222 e. The first-order valence-electron chi connectivity index (χ1n) is 7.25. The predicted molar refractivity (Wildman–Crippen MR) is 73.6 cm³/mol. The molecule has 18 heavy (non-hydrogen) atoms. The molecule has 1 atom stereocenters. The number of ether oxygens (including phenoxy) is 1. The monoisotopic (exact) mass is 256 g/mol. The number of carbonyl (C=O) groups is 1. The van der Waals surface area contributed by atoms with Crippen LogP contribution in [0.5, 0.6) is 0 Å². The van der Waals surface area contributed by atoms with Gasteiger partial charge in [0.05, 0.1) is 12.7 Å². The molecule has 1 amide bonds. The zero-order valence-corrected chi connectivity index (χ0v) is 12.2. The molecule has 0 radical (unpaired) electrons. The van der Waals surface area contributed by atoms with Crippen LogP contribution in [-0.2, 0) is 9.53 Å². The summed E-state index contributed by atoms with van der Waals surface area (Å²) in [4.78, 5) is 16.0. The van der Waals surface area contributed by atoms with Crippen LogP contribution in [0.2, 0.25) is 0 Å². The van der Waals surface area contributed by atoms with Crippen molar-refractivity contribution >= 4 is 5.91 Å². The summed E-state index contributed by atoms with van der Waals surface area (Å²) in [7, 11) is 1.88. The Hall–Kier alpha value is -0.610. The van der Waals surface area contributed by atoms with Crippen LogP contribution in [0.3, 0.4) is 0 Å². The summed E-state index contributed by atoms with van der Waals surface area (Å²) in [6.45, 7) is 8.92. The second-order valence-corrected chi connectivity index (χ2v) is 5.17. The lowest BCUT2D eigenvalue weighted by Crippen LogP contribution is -2.48. The number of unbranched alkanes of at least 4 members (excludes halogenated alkanes) is 1. The minimum Gasteiger partial charge on any atom is -0.374 e. The van der Waals surface area contributed by atoms with E-state index in [0.717, 1.165) is 39.2 Å². The molecule has 0 spiro atoms. The third-order valence-corrected chi connectivity index (χ3v) is 3.42. The highest BCUT2D eigenvalue weighted by Crippen LogP contribution is 2.08. The van der Waals surface area contributed by atoms with E-state index in [1.807, 2.05) is 18.9 Å². The fourth-order valence-corrected chi connectivity index (χ4v) is 2.29. The van der Waals surface area contributed by atoms with Crippen molar-refractivity contribution in [3.05, 3.63) is 0 Å². The van der Waals surface area contributed by atoms with Crippen LogP contribution in [0.1, 0.15) is 39.5 Å². The van der Waals surface area contributed by atoms with Crippen molar-refractivity contribution in [3.63, 3.8) is 0 Å². The van der Waals surface area contributed by atoms with Crippen molar-refractivity contribution < 1.29 is 9.53 Å². The van der Waals surface area contributed by atoms with E-state index in [1.165, 1.54) is 12.8 Å². The zero-order valence-electron chi connectivity index (χ0n) is 12.2. The first-order valence-corrected chi connectivity index (χ1v) is 7.25. The van der Waals surface area contributed by atoms with E-state index in [-0.39, 0.29) is 12.0 Å². The molecule has 0 aromatic rings. The summed E-state index contributed by atoms with van der Waals surface area (Å²) >= 11 is 0. The molecule has 1 saturated heterocycles. The number of carbonyl (C=O) groups excluding carboxylic acids is 1. The van der Waals surface area contributed by atoms with E-state index < -0.39 is 0 Å². The van der Waals surface area contributed by atoms with Crippen molar-refractivity contribution in [1.29, 1.82) is 0 Å². The molecule has 0 bridgehead atoms. The van der Waals surface area contributed by atoms with Crippen LogP contribution in [0.4, 0.5) is 0 Å². The molecular formula is C14H28N2O2. The number of likely N-dealkylation sites (N-methyl/N-ethyl adjacent to an activating group) is 1. The minimum absolute atomic E-state index is 0.182. The standard InChI is InChI=1S/C14H28N2O2/c1-4-6-8-16-9-10-18-13(12-16)11-15(3)14(17)7-5-2/h13H,4-12H2,1-3H3/t13-/m1/s1. The molecular weight excluding hydrogens is 228 g/mol. The maximum atomic E-state index is 11.7. The van der Waals surface area contributed by atoms with Gasteiger partial charge in [0.15, 0.2) is 0 Å². The van der Waals surface area contributed by atoms with Gasteiger partial charge in [-0.05, 0) is 19.4 Å². The Balaban J connectivity index is 2.30. The Bertz CT molecular complexity index is 246. The largest absolute Gasteiger partial charge is 0.374 e. The van der Waals surface area contributed by atoms with Crippen LogP contribution in [-0.4, -0.2) is 61.6 Å². The first-order chi connectivity index (χ1) is 8.67. The normalized spacial score (nSPS) is 20.9. The lowest BCUT2D eigenvalue weighted by atomic mass is 10.2. The van der Waals surface area contributed by atoms with Gasteiger partial charge in [-0.3, -0.25) is 9.69 Å². The molecule has 1 aliphatic rings. The second kappa shape index (κ2) is 8.48.